The average Bonchev–Trinajstić information content (AvgIpc) is 2.70. The van der Waals surface area contributed by atoms with Crippen LogP contribution in [0.1, 0.15) is 51.5 Å². The van der Waals surface area contributed by atoms with E-state index in [1.165, 1.54) is 19.3 Å². The van der Waals surface area contributed by atoms with E-state index in [1.807, 2.05) is 24.3 Å². The van der Waals surface area contributed by atoms with E-state index in [-0.39, 0.29) is 36.6 Å². The molecule has 1 aromatic rings. The van der Waals surface area contributed by atoms with Crippen molar-refractivity contribution in [1.29, 1.82) is 0 Å². The number of hydrogen-bond donors (Lipinski definition) is 2. The molecule has 0 aromatic heterocycles. The van der Waals surface area contributed by atoms with Crippen LogP contribution in [0.25, 0.3) is 0 Å². The van der Waals surface area contributed by atoms with Crippen molar-refractivity contribution in [1.82, 2.24) is 10.2 Å². The van der Waals surface area contributed by atoms with E-state index in [1.54, 1.807) is 0 Å². The Bertz CT molecular complexity index is 629. The van der Waals surface area contributed by atoms with Crippen LogP contribution in [0.5, 0.6) is 5.75 Å². The largest absolute Gasteiger partial charge is 0.492 e. The maximum Gasteiger partial charge on any atom is 0.223 e. The van der Waals surface area contributed by atoms with Gasteiger partial charge in [-0.15, -0.1) is 24.8 Å². The number of rotatable bonds is 9. The lowest BCUT2D eigenvalue weighted by Crippen LogP contribution is -2.49. The number of ether oxygens (including phenoxy) is 1. The van der Waals surface area contributed by atoms with Gasteiger partial charge in [-0.1, -0.05) is 38.5 Å². The van der Waals surface area contributed by atoms with E-state index in [2.05, 4.69) is 24.1 Å². The molecule has 2 saturated carbocycles. The first kappa shape index (κ1) is 27.0. The maximum atomic E-state index is 12.8. The molecule has 0 aliphatic heterocycles. The van der Waals surface area contributed by atoms with Crippen LogP contribution in [0, 0.1) is 17.8 Å². The van der Waals surface area contributed by atoms with Gasteiger partial charge in [0.1, 0.15) is 12.4 Å². The van der Waals surface area contributed by atoms with Crippen LogP contribution in [-0.4, -0.2) is 43.1 Å². The van der Waals surface area contributed by atoms with Crippen molar-refractivity contribution in [2.75, 3.05) is 26.2 Å². The Morgan fingerprint density at radius 3 is 2.40 bits per heavy atom. The predicted molar refractivity (Wildman–Crippen MR) is 128 cm³/mol. The Morgan fingerprint density at radius 1 is 1.13 bits per heavy atom. The molecule has 0 radical (unpaired) electrons. The molecule has 172 valence electrons. The molecule has 5 nitrogen and oxygen atoms in total. The van der Waals surface area contributed by atoms with Crippen LogP contribution in [0.2, 0.25) is 0 Å². The fourth-order valence-electron chi connectivity index (χ4n) is 4.95. The zero-order chi connectivity index (χ0) is 19.9. The van der Waals surface area contributed by atoms with Gasteiger partial charge in [0.05, 0.1) is 0 Å². The Hall–Kier alpha value is -1.01. The Labute approximate surface area is 194 Å². The molecule has 0 spiro atoms. The van der Waals surface area contributed by atoms with Gasteiger partial charge >= 0.3 is 0 Å². The van der Waals surface area contributed by atoms with Crippen molar-refractivity contribution in [3.8, 4) is 5.75 Å². The number of nitrogens with zero attached hydrogens (tertiary/aromatic N) is 1. The van der Waals surface area contributed by atoms with E-state index in [9.17, 15) is 4.79 Å². The highest BCUT2D eigenvalue weighted by Gasteiger charge is 2.40. The predicted octanol–water partition coefficient (Wildman–Crippen LogP) is 4.02. The van der Waals surface area contributed by atoms with Gasteiger partial charge in [-0.2, -0.15) is 0 Å². The highest BCUT2D eigenvalue weighted by atomic mass is 35.5. The van der Waals surface area contributed by atoms with Crippen molar-refractivity contribution in [2.24, 2.45) is 23.5 Å². The van der Waals surface area contributed by atoms with Crippen molar-refractivity contribution in [3.05, 3.63) is 29.8 Å². The third kappa shape index (κ3) is 7.01. The second-order valence-electron chi connectivity index (χ2n) is 8.40. The van der Waals surface area contributed by atoms with E-state index < -0.39 is 0 Å². The van der Waals surface area contributed by atoms with Crippen LogP contribution >= 0.6 is 24.8 Å². The lowest BCUT2D eigenvalue weighted by atomic mass is 9.65. The van der Waals surface area contributed by atoms with Crippen LogP contribution in [0.3, 0.4) is 0 Å². The number of amides is 1. The summed E-state index contributed by atoms with van der Waals surface area (Å²) in [5, 5.41) is 3.16. The van der Waals surface area contributed by atoms with Crippen LogP contribution in [0.15, 0.2) is 24.3 Å². The molecule has 30 heavy (non-hydrogen) atoms. The van der Waals surface area contributed by atoms with Gasteiger partial charge in [-0.25, -0.2) is 0 Å². The minimum atomic E-state index is 0. The first-order chi connectivity index (χ1) is 13.6. The molecule has 2 aliphatic rings. The van der Waals surface area contributed by atoms with Crippen molar-refractivity contribution in [3.63, 3.8) is 0 Å². The van der Waals surface area contributed by atoms with Gasteiger partial charge in [-0.3, -0.25) is 4.79 Å². The number of nitrogens with one attached hydrogen (secondary N) is 1. The number of benzene rings is 1. The van der Waals surface area contributed by atoms with Crippen molar-refractivity contribution >= 4 is 30.7 Å². The Balaban J connectivity index is 0.00000225. The van der Waals surface area contributed by atoms with Crippen LogP contribution < -0.4 is 15.8 Å². The molecular weight excluding hydrogens is 421 g/mol. The normalized spacial score (nSPS) is 25.1. The number of halogens is 2. The number of likely N-dealkylation sites (N-methyl/N-ethyl adjacent to an activating group) is 1. The molecule has 7 heteroatoms. The van der Waals surface area contributed by atoms with Gasteiger partial charge in [-0.05, 0) is 56.7 Å². The first-order valence-corrected chi connectivity index (χ1v) is 11.1. The zero-order valence-electron chi connectivity index (χ0n) is 18.3. The number of fused-ring (bicyclic) bond motifs is 2. The zero-order valence-corrected chi connectivity index (χ0v) is 20.0. The summed E-state index contributed by atoms with van der Waals surface area (Å²) >= 11 is 0. The number of para-hydroxylation sites is 1. The molecule has 2 fully saturated rings. The molecule has 1 amide bonds. The Morgan fingerprint density at radius 2 is 1.77 bits per heavy atom. The van der Waals surface area contributed by atoms with E-state index >= 15 is 0 Å². The second kappa shape index (κ2) is 13.4. The fourth-order valence-corrected chi connectivity index (χ4v) is 4.95. The van der Waals surface area contributed by atoms with E-state index in [4.69, 9.17) is 10.5 Å². The molecule has 2 bridgehead atoms. The van der Waals surface area contributed by atoms with Gasteiger partial charge < -0.3 is 20.7 Å². The summed E-state index contributed by atoms with van der Waals surface area (Å²) in [5.41, 5.74) is 7.41. The number of hydrogen-bond acceptors (Lipinski definition) is 4. The van der Waals surface area contributed by atoms with Gasteiger partial charge in [0.2, 0.25) is 5.91 Å². The molecule has 2 atom stereocenters. The summed E-state index contributed by atoms with van der Waals surface area (Å²) in [4.78, 5) is 15.1. The smallest absolute Gasteiger partial charge is 0.223 e. The summed E-state index contributed by atoms with van der Waals surface area (Å²) in [6.45, 7) is 8.50. The molecule has 2 unspecified atom stereocenters. The minimum absolute atomic E-state index is 0. The quantitative estimate of drug-likeness (QED) is 0.584. The SMILES string of the molecule is CCN(CC)CCOc1ccccc1CNC(=O)C1CC2CCCC(C1)C2N.Cl.Cl. The molecule has 0 saturated heterocycles. The van der Waals surface area contributed by atoms with Crippen LogP contribution in [0.4, 0.5) is 0 Å². The number of carbonyl (C=O) groups excluding carboxylic acids is 1. The topological polar surface area (TPSA) is 67.6 Å². The average molecular weight is 460 g/mol. The summed E-state index contributed by atoms with van der Waals surface area (Å²) in [5.74, 6) is 2.22. The lowest BCUT2D eigenvalue weighted by Gasteiger charge is -2.43. The third-order valence-corrected chi connectivity index (χ3v) is 6.77. The molecule has 3 N–H and O–H groups in total. The van der Waals surface area contributed by atoms with Crippen molar-refractivity contribution < 1.29 is 9.53 Å². The summed E-state index contributed by atoms with van der Waals surface area (Å²) in [6.07, 6.45) is 5.54. The van der Waals surface area contributed by atoms with Crippen LogP contribution in [-0.2, 0) is 11.3 Å². The van der Waals surface area contributed by atoms with Gasteiger partial charge in [0.25, 0.3) is 0 Å². The number of nitrogens with two attached hydrogens (primary N) is 1. The van der Waals surface area contributed by atoms with Crippen molar-refractivity contribution in [2.45, 2.75) is 58.5 Å². The summed E-state index contributed by atoms with van der Waals surface area (Å²) in [7, 11) is 0. The first-order valence-electron chi connectivity index (χ1n) is 11.1. The summed E-state index contributed by atoms with van der Waals surface area (Å²) < 4.78 is 6.01. The highest BCUT2D eigenvalue weighted by molar-refractivity contribution is 5.85. The molecule has 0 heterocycles. The molecule has 1 aromatic carbocycles. The summed E-state index contributed by atoms with van der Waals surface area (Å²) in [6, 6.07) is 8.33. The van der Waals surface area contributed by atoms with E-state index in [0.29, 0.717) is 31.0 Å². The highest BCUT2D eigenvalue weighted by Crippen LogP contribution is 2.41. The Kier molecular flexibility index (Phi) is 12.1. The van der Waals surface area contributed by atoms with Gasteiger partial charge in [0, 0.05) is 30.6 Å². The molecule has 2 aliphatic carbocycles. The maximum absolute atomic E-state index is 12.8. The minimum Gasteiger partial charge on any atom is -0.492 e. The number of carbonyl (C=O) groups is 1. The molecule has 3 rings (SSSR count). The lowest BCUT2D eigenvalue weighted by molar-refractivity contribution is -0.128. The third-order valence-electron chi connectivity index (χ3n) is 6.77. The molecular formula is C23H39Cl2N3O2. The monoisotopic (exact) mass is 459 g/mol. The fraction of sp³-hybridized carbons (Fsp3) is 0.696. The second-order valence-corrected chi connectivity index (χ2v) is 8.40. The standard InChI is InChI=1S/C23H37N3O2.2ClH/c1-3-26(4-2)12-13-28-21-11-6-5-8-19(21)16-25-23(27)20-14-17-9-7-10-18(15-20)22(17)24;;/h5-6,8,11,17-18,20,22H,3-4,7,9-10,12-16,24H2,1-2H3,(H,25,27);2*1H. The van der Waals surface area contributed by atoms with Gasteiger partial charge in [0.15, 0.2) is 0 Å². The van der Waals surface area contributed by atoms with E-state index in [0.717, 1.165) is 43.8 Å².